The number of amides is 1. The molecule has 0 radical (unpaired) electrons. The number of nitrogens with zero attached hydrogens (tertiary/aromatic N) is 3. The van der Waals surface area contributed by atoms with Gasteiger partial charge in [0.05, 0.1) is 5.69 Å². The maximum absolute atomic E-state index is 12.2. The Balaban J connectivity index is 1.99. The Kier molecular flexibility index (Phi) is 3.84. The molecule has 0 bridgehead atoms. The van der Waals surface area contributed by atoms with Crippen LogP contribution in [-0.4, -0.2) is 27.6 Å². The Labute approximate surface area is 108 Å². The summed E-state index contributed by atoms with van der Waals surface area (Å²) in [7, 11) is 1.88. The maximum atomic E-state index is 12.2. The zero-order valence-corrected chi connectivity index (χ0v) is 11.4. The summed E-state index contributed by atoms with van der Waals surface area (Å²) in [6.45, 7) is 5.58. The molecule has 1 amide bonds. The highest BCUT2D eigenvalue weighted by Gasteiger charge is 2.23. The quantitative estimate of drug-likeness (QED) is 0.764. The van der Waals surface area contributed by atoms with Gasteiger partial charge in [-0.2, -0.15) is 5.10 Å². The van der Waals surface area contributed by atoms with Gasteiger partial charge in [0.1, 0.15) is 0 Å². The van der Waals surface area contributed by atoms with Gasteiger partial charge in [0, 0.05) is 37.8 Å². The average molecular weight is 247 g/mol. The minimum atomic E-state index is 0.150. The van der Waals surface area contributed by atoms with Crippen molar-refractivity contribution in [3.05, 3.63) is 29.6 Å². The van der Waals surface area contributed by atoms with Crippen LogP contribution in [0.4, 0.5) is 0 Å². The van der Waals surface area contributed by atoms with Crippen LogP contribution in [0.2, 0.25) is 0 Å². The molecule has 0 aliphatic heterocycles. The molecule has 0 atom stereocenters. The van der Waals surface area contributed by atoms with Crippen molar-refractivity contribution >= 4 is 5.91 Å². The molecular formula is C14H21N3O. The van der Waals surface area contributed by atoms with Crippen molar-refractivity contribution in [1.82, 2.24) is 14.7 Å². The summed E-state index contributed by atoms with van der Waals surface area (Å²) in [6, 6.07) is 0. The Hall–Kier alpha value is -1.58. The zero-order chi connectivity index (χ0) is 13.1. The van der Waals surface area contributed by atoms with E-state index in [2.05, 4.69) is 24.2 Å². The third kappa shape index (κ3) is 2.63. The molecule has 1 aromatic rings. The second-order valence-electron chi connectivity index (χ2n) is 4.93. The predicted octanol–water partition coefficient (Wildman–Crippen LogP) is 2.14. The maximum Gasteiger partial charge on any atom is 0.226 e. The third-order valence-electron chi connectivity index (χ3n) is 3.51. The molecule has 0 saturated carbocycles. The lowest BCUT2D eigenvalue weighted by atomic mass is 10.1. The van der Waals surface area contributed by atoms with E-state index in [9.17, 15) is 4.79 Å². The first-order valence-corrected chi connectivity index (χ1v) is 6.54. The minimum Gasteiger partial charge on any atom is -0.341 e. The fourth-order valence-electron chi connectivity index (χ4n) is 2.34. The van der Waals surface area contributed by atoms with E-state index in [4.69, 9.17) is 0 Å². The first-order valence-electron chi connectivity index (χ1n) is 6.54. The Bertz CT molecular complexity index is 454. The Morgan fingerprint density at radius 2 is 2.17 bits per heavy atom. The van der Waals surface area contributed by atoms with Gasteiger partial charge in [-0.1, -0.05) is 12.2 Å². The van der Waals surface area contributed by atoms with Gasteiger partial charge in [-0.15, -0.1) is 0 Å². The highest BCUT2D eigenvalue weighted by atomic mass is 16.2. The first-order chi connectivity index (χ1) is 8.61. The zero-order valence-electron chi connectivity index (χ0n) is 11.4. The van der Waals surface area contributed by atoms with Crippen LogP contribution in [0.1, 0.15) is 31.0 Å². The summed E-state index contributed by atoms with van der Waals surface area (Å²) < 4.78 is 1.92. The van der Waals surface area contributed by atoms with E-state index in [0.29, 0.717) is 6.54 Å². The predicted molar refractivity (Wildman–Crippen MR) is 71.0 cm³/mol. The van der Waals surface area contributed by atoms with E-state index in [0.717, 1.165) is 30.6 Å². The van der Waals surface area contributed by atoms with Crippen molar-refractivity contribution in [3.63, 3.8) is 0 Å². The van der Waals surface area contributed by atoms with Crippen LogP contribution in [0.25, 0.3) is 0 Å². The van der Waals surface area contributed by atoms with Crippen molar-refractivity contribution < 1.29 is 4.79 Å². The summed E-state index contributed by atoms with van der Waals surface area (Å²) in [4.78, 5) is 14.0. The molecule has 0 aromatic carbocycles. The van der Waals surface area contributed by atoms with E-state index < -0.39 is 0 Å². The van der Waals surface area contributed by atoms with Gasteiger partial charge in [0.15, 0.2) is 0 Å². The van der Waals surface area contributed by atoms with Gasteiger partial charge < -0.3 is 4.90 Å². The molecule has 0 fully saturated rings. The molecule has 4 nitrogen and oxygen atoms in total. The van der Waals surface area contributed by atoms with Crippen LogP contribution in [0, 0.1) is 12.8 Å². The van der Waals surface area contributed by atoms with Crippen LogP contribution in [0.5, 0.6) is 0 Å². The van der Waals surface area contributed by atoms with Crippen LogP contribution in [0.3, 0.4) is 0 Å². The fraction of sp³-hybridized carbons (Fsp3) is 0.571. The van der Waals surface area contributed by atoms with E-state index in [1.807, 2.05) is 29.7 Å². The summed E-state index contributed by atoms with van der Waals surface area (Å²) in [5.41, 5.74) is 2.15. The molecule has 1 heterocycles. The second kappa shape index (κ2) is 5.38. The number of carbonyl (C=O) groups excluding carboxylic acids is 1. The normalized spacial score (nSPS) is 15.3. The van der Waals surface area contributed by atoms with Crippen molar-refractivity contribution in [2.75, 3.05) is 7.05 Å². The van der Waals surface area contributed by atoms with Crippen molar-refractivity contribution in [2.24, 2.45) is 5.92 Å². The standard InChI is InChI=1S/C14H21N3O/c1-4-17-10-13(11(2)15-17)9-16(3)14(18)12-7-5-6-8-12/h5-6,10,12H,4,7-9H2,1-3H3. The third-order valence-corrected chi connectivity index (χ3v) is 3.51. The lowest BCUT2D eigenvalue weighted by Gasteiger charge is -2.20. The highest BCUT2D eigenvalue weighted by molar-refractivity contribution is 5.79. The molecule has 4 heteroatoms. The van der Waals surface area contributed by atoms with E-state index >= 15 is 0 Å². The largest absolute Gasteiger partial charge is 0.341 e. The number of allylic oxidation sites excluding steroid dienone is 2. The summed E-state index contributed by atoms with van der Waals surface area (Å²) >= 11 is 0. The molecule has 1 aliphatic rings. The molecule has 1 aromatic heterocycles. The van der Waals surface area contributed by atoms with Gasteiger partial charge in [0.2, 0.25) is 5.91 Å². The van der Waals surface area contributed by atoms with Crippen molar-refractivity contribution in [2.45, 2.75) is 39.8 Å². The topological polar surface area (TPSA) is 38.1 Å². The van der Waals surface area contributed by atoms with Crippen LogP contribution in [0.15, 0.2) is 18.3 Å². The molecular weight excluding hydrogens is 226 g/mol. The molecule has 0 N–H and O–H groups in total. The molecule has 18 heavy (non-hydrogen) atoms. The van der Waals surface area contributed by atoms with Crippen molar-refractivity contribution in [1.29, 1.82) is 0 Å². The average Bonchev–Trinajstić information content (AvgIpc) is 2.98. The molecule has 98 valence electrons. The molecule has 2 rings (SSSR count). The van der Waals surface area contributed by atoms with Crippen LogP contribution >= 0.6 is 0 Å². The highest BCUT2D eigenvalue weighted by Crippen LogP contribution is 2.21. The molecule has 0 saturated heterocycles. The second-order valence-corrected chi connectivity index (χ2v) is 4.93. The van der Waals surface area contributed by atoms with Gasteiger partial charge >= 0.3 is 0 Å². The lowest BCUT2D eigenvalue weighted by molar-refractivity contribution is -0.134. The summed E-state index contributed by atoms with van der Waals surface area (Å²) in [6.07, 6.45) is 7.99. The number of aromatic nitrogens is 2. The summed E-state index contributed by atoms with van der Waals surface area (Å²) in [5.74, 6) is 0.389. The first kappa shape index (κ1) is 12.9. The van der Waals surface area contributed by atoms with Gasteiger partial charge in [-0.05, 0) is 26.7 Å². The van der Waals surface area contributed by atoms with Gasteiger partial charge in [-0.3, -0.25) is 9.48 Å². The molecule has 0 spiro atoms. The number of aryl methyl sites for hydroxylation is 2. The van der Waals surface area contributed by atoms with Gasteiger partial charge in [0.25, 0.3) is 0 Å². The number of hydrogen-bond acceptors (Lipinski definition) is 2. The number of hydrogen-bond donors (Lipinski definition) is 0. The summed E-state index contributed by atoms with van der Waals surface area (Å²) in [5, 5.41) is 4.41. The Morgan fingerprint density at radius 3 is 2.72 bits per heavy atom. The lowest BCUT2D eigenvalue weighted by Crippen LogP contribution is -2.31. The smallest absolute Gasteiger partial charge is 0.226 e. The van der Waals surface area contributed by atoms with Gasteiger partial charge in [-0.25, -0.2) is 0 Å². The molecule has 0 unspecified atom stereocenters. The Morgan fingerprint density at radius 1 is 1.50 bits per heavy atom. The van der Waals surface area contributed by atoms with E-state index in [1.165, 1.54) is 0 Å². The monoisotopic (exact) mass is 247 g/mol. The van der Waals surface area contributed by atoms with E-state index in [1.54, 1.807) is 0 Å². The number of rotatable bonds is 4. The van der Waals surface area contributed by atoms with Crippen LogP contribution < -0.4 is 0 Å². The molecule has 1 aliphatic carbocycles. The van der Waals surface area contributed by atoms with E-state index in [-0.39, 0.29) is 11.8 Å². The fourth-order valence-corrected chi connectivity index (χ4v) is 2.34. The minimum absolute atomic E-state index is 0.150. The SMILES string of the molecule is CCn1cc(CN(C)C(=O)C2CC=CC2)c(C)n1. The van der Waals surface area contributed by atoms with Crippen LogP contribution in [-0.2, 0) is 17.9 Å². The number of carbonyl (C=O) groups is 1. The van der Waals surface area contributed by atoms with Crippen molar-refractivity contribution in [3.8, 4) is 0 Å².